The zero-order chi connectivity index (χ0) is 23.7. The number of benzene rings is 2. The van der Waals surface area contributed by atoms with Gasteiger partial charge in [-0.3, -0.25) is 9.59 Å². The van der Waals surface area contributed by atoms with Gasteiger partial charge in [0, 0.05) is 17.5 Å². The quantitative estimate of drug-likeness (QED) is 0.247. The second kappa shape index (κ2) is 13.1. The zero-order valence-electron chi connectivity index (χ0n) is 18.2. The summed E-state index contributed by atoms with van der Waals surface area (Å²) in [5, 5.41) is 0. The molecule has 0 aliphatic heterocycles. The van der Waals surface area contributed by atoms with E-state index in [9.17, 15) is 9.59 Å². The number of carbonyl (C=O) groups excluding carboxylic acids is 2. The zero-order valence-corrected chi connectivity index (χ0v) is 22.9. The van der Waals surface area contributed by atoms with Gasteiger partial charge in [0.25, 0.3) is 0 Å². The number of carbonyl (C=O) groups is 2. The van der Waals surface area contributed by atoms with Crippen molar-refractivity contribution in [2.24, 2.45) is 0 Å². The van der Waals surface area contributed by atoms with Crippen LogP contribution in [0.15, 0.2) is 33.2 Å². The third-order valence-corrected chi connectivity index (χ3v) is 6.16. The second-order valence-corrected chi connectivity index (χ2v) is 9.11. The van der Waals surface area contributed by atoms with E-state index in [0.29, 0.717) is 45.0 Å². The lowest BCUT2D eigenvalue weighted by atomic mass is 10.1. The van der Waals surface area contributed by atoms with Gasteiger partial charge in [-0.25, -0.2) is 0 Å². The number of ketones is 2. The molecule has 0 bridgehead atoms. The summed E-state index contributed by atoms with van der Waals surface area (Å²) in [5.41, 5.74) is 1.16. The first-order valence-corrected chi connectivity index (χ1v) is 11.7. The molecule has 0 spiro atoms. The number of halogens is 3. The van der Waals surface area contributed by atoms with Gasteiger partial charge in [0.15, 0.2) is 11.6 Å². The van der Waals surface area contributed by atoms with Crippen LogP contribution >= 0.6 is 47.8 Å². The van der Waals surface area contributed by atoms with E-state index in [-0.39, 0.29) is 16.4 Å². The highest BCUT2D eigenvalue weighted by Crippen LogP contribution is 2.37. The molecule has 0 fully saturated rings. The van der Waals surface area contributed by atoms with Crippen molar-refractivity contribution in [1.82, 2.24) is 0 Å². The van der Waals surface area contributed by atoms with Crippen LogP contribution in [0.5, 0.6) is 23.0 Å². The minimum absolute atomic E-state index is 0.0101. The number of rotatable bonds is 8. The van der Waals surface area contributed by atoms with Crippen LogP contribution in [0.1, 0.15) is 41.0 Å². The third kappa shape index (κ3) is 7.22. The van der Waals surface area contributed by atoms with E-state index in [2.05, 4.69) is 47.8 Å². The Morgan fingerprint density at radius 2 is 1.10 bits per heavy atom. The van der Waals surface area contributed by atoms with E-state index in [1.165, 1.54) is 0 Å². The molecule has 31 heavy (non-hydrogen) atoms. The van der Waals surface area contributed by atoms with E-state index in [1.807, 2.05) is 6.92 Å². The van der Waals surface area contributed by atoms with Crippen molar-refractivity contribution in [3.8, 4) is 23.0 Å². The van der Waals surface area contributed by atoms with Gasteiger partial charge in [0.2, 0.25) is 0 Å². The lowest BCUT2D eigenvalue weighted by molar-refractivity contribution is 0.0982. The third-order valence-electron chi connectivity index (χ3n) is 4.18. The van der Waals surface area contributed by atoms with Crippen LogP contribution < -0.4 is 18.9 Å². The van der Waals surface area contributed by atoms with E-state index in [1.54, 1.807) is 59.6 Å². The Morgan fingerprint density at radius 3 is 1.35 bits per heavy atom. The van der Waals surface area contributed by atoms with Crippen LogP contribution in [0.25, 0.3) is 0 Å². The summed E-state index contributed by atoms with van der Waals surface area (Å²) in [7, 11) is 6.20. The van der Waals surface area contributed by atoms with Gasteiger partial charge in [0.05, 0.1) is 33.3 Å². The predicted octanol–water partition coefficient (Wildman–Crippen LogP) is 6.49. The molecule has 0 aliphatic carbocycles. The molecule has 0 aliphatic rings. The molecule has 0 saturated heterocycles. The summed E-state index contributed by atoms with van der Waals surface area (Å²) in [5.74, 6) is 2.42. The van der Waals surface area contributed by atoms with Crippen molar-refractivity contribution in [1.29, 1.82) is 0 Å². The first-order chi connectivity index (χ1) is 14.6. The molecule has 0 radical (unpaired) electrons. The summed E-state index contributed by atoms with van der Waals surface area (Å²) in [6, 6.07) is 6.79. The lowest BCUT2D eigenvalue weighted by Crippen LogP contribution is -2.10. The van der Waals surface area contributed by atoms with E-state index < -0.39 is 0 Å². The fraction of sp³-hybridized carbons (Fsp3) is 0.364. The standard InChI is InChI=1S/C11H12Br2O3.C11H13BrO3/c1-6(12)11(14)7-4-8(15-2)10(13)9(5-7)16-3;1-4-8(13)7-5-9(14-2)11(12)10(6-7)15-3/h4-6H,1-3H3;5-6H,4H2,1-3H3. The highest BCUT2D eigenvalue weighted by molar-refractivity contribution is 9.11. The summed E-state index contributed by atoms with van der Waals surface area (Å²) in [4.78, 5) is 23.1. The van der Waals surface area contributed by atoms with Crippen LogP contribution in [-0.4, -0.2) is 44.8 Å². The summed E-state index contributed by atoms with van der Waals surface area (Å²) >= 11 is 9.94. The Kier molecular flexibility index (Phi) is 11.6. The number of ether oxygens (including phenoxy) is 4. The maximum atomic E-state index is 11.8. The first-order valence-electron chi connectivity index (χ1n) is 9.19. The highest BCUT2D eigenvalue weighted by Gasteiger charge is 2.17. The molecular weight excluding hydrogens is 600 g/mol. The molecule has 0 amide bonds. The van der Waals surface area contributed by atoms with Gasteiger partial charge >= 0.3 is 0 Å². The largest absolute Gasteiger partial charge is 0.495 e. The van der Waals surface area contributed by atoms with Gasteiger partial charge in [0.1, 0.15) is 31.9 Å². The van der Waals surface area contributed by atoms with Crippen LogP contribution in [0.4, 0.5) is 0 Å². The Hall–Kier alpha value is -1.58. The van der Waals surface area contributed by atoms with Crippen LogP contribution in [-0.2, 0) is 0 Å². The molecule has 6 nitrogen and oxygen atoms in total. The molecule has 0 saturated carbocycles. The molecule has 0 heterocycles. The lowest BCUT2D eigenvalue weighted by Gasteiger charge is -2.11. The average Bonchev–Trinajstić information content (AvgIpc) is 2.78. The monoisotopic (exact) mass is 622 g/mol. The Labute approximate surface area is 208 Å². The molecule has 2 aromatic rings. The molecule has 9 heteroatoms. The summed E-state index contributed by atoms with van der Waals surface area (Å²) < 4.78 is 22.0. The Balaban J connectivity index is 0.000000311. The van der Waals surface area contributed by atoms with Gasteiger partial charge in [-0.05, 0) is 63.0 Å². The van der Waals surface area contributed by atoms with Crippen molar-refractivity contribution < 1.29 is 28.5 Å². The fourth-order valence-corrected chi connectivity index (χ4v) is 3.85. The maximum absolute atomic E-state index is 11.8. The Morgan fingerprint density at radius 1 is 0.774 bits per heavy atom. The Bertz CT molecular complexity index is 877. The normalized spacial score (nSPS) is 11.0. The molecule has 0 N–H and O–H groups in total. The van der Waals surface area contributed by atoms with Crippen molar-refractivity contribution in [2.45, 2.75) is 25.1 Å². The SMILES string of the molecule is CCC(=O)c1cc(OC)c(Br)c(OC)c1.COc1cc(C(=O)C(C)Br)cc(OC)c1Br. The molecule has 0 aromatic heterocycles. The van der Waals surface area contributed by atoms with Crippen molar-refractivity contribution in [3.63, 3.8) is 0 Å². The van der Waals surface area contributed by atoms with Crippen molar-refractivity contribution >= 4 is 59.4 Å². The molecule has 1 atom stereocenters. The molecule has 170 valence electrons. The highest BCUT2D eigenvalue weighted by atomic mass is 79.9. The fourth-order valence-electron chi connectivity index (χ4n) is 2.48. The summed E-state index contributed by atoms with van der Waals surface area (Å²) in [6.07, 6.45) is 0.466. The van der Waals surface area contributed by atoms with E-state index in [0.717, 1.165) is 4.47 Å². The smallest absolute Gasteiger partial charge is 0.176 e. The predicted molar refractivity (Wildman–Crippen MR) is 132 cm³/mol. The minimum atomic E-state index is -0.233. The summed E-state index contributed by atoms with van der Waals surface area (Å²) in [6.45, 7) is 3.60. The van der Waals surface area contributed by atoms with Crippen LogP contribution in [0.2, 0.25) is 0 Å². The van der Waals surface area contributed by atoms with Gasteiger partial charge in [-0.2, -0.15) is 0 Å². The number of hydrogen-bond acceptors (Lipinski definition) is 6. The van der Waals surface area contributed by atoms with Crippen molar-refractivity contribution in [2.75, 3.05) is 28.4 Å². The maximum Gasteiger partial charge on any atom is 0.176 e. The topological polar surface area (TPSA) is 71.1 Å². The molecular formula is C22H25Br3O6. The average molecular weight is 625 g/mol. The van der Waals surface area contributed by atoms with E-state index >= 15 is 0 Å². The molecule has 2 aromatic carbocycles. The van der Waals surface area contributed by atoms with Crippen LogP contribution in [0.3, 0.4) is 0 Å². The van der Waals surface area contributed by atoms with Crippen LogP contribution in [0, 0.1) is 0 Å². The van der Waals surface area contributed by atoms with E-state index in [4.69, 9.17) is 18.9 Å². The van der Waals surface area contributed by atoms with Gasteiger partial charge < -0.3 is 18.9 Å². The molecule has 2 rings (SSSR count). The number of Topliss-reactive ketones (excluding diaryl/α,β-unsaturated/α-hetero) is 2. The van der Waals surface area contributed by atoms with Gasteiger partial charge in [-0.15, -0.1) is 0 Å². The molecule has 1 unspecified atom stereocenters. The number of alkyl halides is 1. The second-order valence-electron chi connectivity index (χ2n) is 6.15. The number of hydrogen-bond donors (Lipinski definition) is 0. The minimum Gasteiger partial charge on any atom is -0.495 e. The first kappa shape index (κ1) is 27.5. The number of methoxy groups -OCH3 is 4. The van der Waals surface area contributed by atoms with Gasteiger partial charge in [-0.1, -0.05) is 22.9 Å². The van der Waals surface area contributed by atoms with Crippen molar-refractivity contribution in [3.05, 3.63) is 44.3 Å².